The summed E-state index contributed by atoms with van der Waals surface area (Å²) < 4.78 is 0.272. The molecule has 1 aromatic rings. The molecule has 5 nitrogen and oxygen atoms in total. The number of carbonyl (C=O) groups is 1. The van der Waals surface area contributed by atoms with Crippen molar-refractivity contribution in [3.8, 4) is 0 Å². The molecular formula is C19H30N4OS. The summed E-state index contributed by atoms with van der Waals surface area (Å²) >= 11 is 2.01. The van der Waals surface area contributed by atoms with Crippen molar-refractivity contribution in [1.29, 1.82) is 0 Å². The van der Waals surface area contributed by atoms with E-state index >= 15 is 0 Å². The van der Waals surface area contributed by atoms with Crippen LogP contribution in [0.5, 0.6) is 0 Å². The summed E-state index contributed by atoms with van der Waals surface area (Å²) in [4.78, 5) is 16.4. The third-order valence-electron chi connectivity index (χ3n) is 4.23. The highest BCUT2D eigenvalue weighted by Gasteiger charge is 2.29. The minimum Gasteiger partial charge on any atom is -0.357 e. The maximum Gasteiger partial charge on any atom is 0.241 e. The molecule has 0 spiro atoms. The molecular weight excluding hydrogens is 332 g/mol. The number of guanidine groups is 1. The monoisotopic (exact) mass is 362 g/mol. The Morgan fingerprint density at radius 2 is 2.04 bits per heavy atom. The number of aliphatic imine (C=N–C) groups is 1. The zero-order valence-electron chi connectivity index (χ0n) is 15.3. The fraction of sp³-hybridized carbons (Fsp3) is 0.579. The highest BCUT2D eigenvalue weighted by Crippen LogP contribution is 2.36. The molecule has 0 bridgehead atoms. The van der Waals surface area contributed by atoms with Crippen molar-refractivity contribution >= 4 is 23.6 Å². The van der Waals surface area contributed by atoms with Gasteiger partial charge < -0.3 is 16.0 Å². The summed E-state index contributed by atoms with van der Waals surface area (Å²) in [5, 5.41) is 9.52. The molecule has 0 saturated carbocycles. The summed E-state index contributed by atoms with van der Waals surface area (Å²) in [7, 11) is 0. The lowest BCUT2D eigenvalue weighted by Gasteiger charge is -2.24. The molecule has 0 aliphatic carbocycles. The molecule has 1 aliphatic heterocycles. The highest BCUT2D eigenvalue weighted by molar-refractivity contribution is 8.00. The van der Waals surface area contributed by atoms with Gasteiger partial charge in [0.15, 0.2) is 5.96 Å². The molecule has 0 aromatic heterocycles. The Morgan fingerprint density at radius 3 is 2.72 bits per heavy atom. The smallest absolute Gasteiger partial charge is 0.241 e. The fourth-order valence-electron chi connectivity index (χ4n) is 2.79. The maximum atomic E-state index is 12.0. The molecule has 1 heterocycles. The van der Waals surface area contributed by atoms with E-state index in [0.29, 0.717) is 6.54 Å². The zero-order valence-corrected chi connectivity index (χ0v) is 16.1. The van der Waals surface area contributed by atoms with Crippen LogP contribution < -0.4 is 16.0 Å². The minimum absolute atomic E-state index is 0.0467. The Bertz CT molecular complexity index is 556. The molecule has 2 rings (SSSR count). The lowest BCUT2D eigenvalue weighted by molar-refractivity contribution is -0.119. The van der Waals surface area contributed by atoms with Gasteiger partial charge in [0, 0.05) is 24.4 Å². The number of hydrogen-bond donors (Lipinski definition) is 3. The maximum absolute atomic E-state index is 12.0. The first-order valence-electron chi connectivity index (χ1n) is 9.08. The van der Waals surface area contributed by atoms with Crippen LogP contribution in [0.4, 0.5) is 0 Å². The average molecular weight is 363 g/mol. The summed E-state index contributed by atoms with van der Waals surface area (Å²) in [6.45, 7) is 6.76. The molecule has 0 radical (unpaired) electrons. The van der Waals surface area contributed by atoms with E-state index in [2.05, 4.69) is 40.0 Å². The highest BCUT2D eigenvalue weighted by atomic mass is 32.2. The van der Waals surface area contributed by atoms with Crippen LogP contribution in [0.3, 0.4) is 0 Å². The lowest BCUT2D eigenvalue weighted by atomic mass is 10.1. The number of carbonyl (C=O) groups excluding carboxylic acids is 1. The standard InChI is InChI=1S/C19H30N4OS/c1-3-20-18(23-15-19(2)11-7-13-25-19)22-14-17(24)21-12-10-16-8-5-4-6-9-16/h4-6,8-9H,3,7,10-15H2,1-2H3,(H,21,24)(H2,20,22,23). The Kier molecular flexibility index (Phi) is 8.12. The van der Waals surface area contributed by atoms with E-state index in [1.165, 1.54) is 24.2 Å². The predicted octanol–water partition coefficient (Wildman–Crippen LogP) is 2.19. The van der Waals surface area contributed by atoms with Gasteiger partial charge in [-0.15, -0.1) is 0 Å². The minimum atomic E-state index is -0.0467. The van der Waals surface area contributed by atoms with Crippen LogP contribution in [0.25, 0.3) is 0 Å². The van der Waals surface area contributed by atoms with E-state index in [9.17, 15) is 4.79 Å². The van der Waals surface area contributed by atoms with E-state index in [4.69, 9.17) is 0 Å². The lowest BCUT2D eigenvalue weighted by Crippen LogP contribution is -2.44. The molecule has 1 fully saturated rings. The number of benzene rings is 1. The number of amides is 1. The molecule has 138 valence electrons. The summed E-state index contributed by atoms with van der Waals surface area (Å²) in [6.07, 6.45) is 3.34. The van der Waals surface area contributed by atoms with Gasteiger partial charge >= 0.3 is 0 Å². The van der Waals surface area contributed by atoms with Gasteiger partial charge in [0.2, 0.25) is 5.91 Å². The van der Waals surface area contributed by atoms with E-state index < -0.39 is 0 Å². The van der Waals surface area contributed by atoms with Gasteiger partial charge in [0.1, 0.15) is 6.54 Å². The third-order valence-corrected chi connectivity index (χ3v) is 5.77. The van der Waals surface area contributed by atoms with Crippen LogP contribution in [0.2, 0.25) is 0 Å². The van der Waals surface area contributed by atoms with Crippen LogP contribution in [0.15, 0.2) is 35.3 Å². The summed E-state index contributed by atoms with van der Waals surface area (Å²) in [6, 6.07) is 10.2. The van der Waals surface area contributed by atoms with E-state index in [0.717, 1.165) is 25.5 Å². The number of nitrogens with zero attached hydrogens (tertiary/aromatic N) is 1. The first-order valence-corrected chi connectivity index (χ1v) is 10.1. The van der Waals surface area contributed by atoms with Gasteiger partial charge in [-0.3, -0.25) is 4.79 Å². The van der Waals surface area contributed by atoms with Crippen molar-refractivity contribution in [1.82, 2.24) is 16.0 Å². The van der Waals surface area contributed by atoms with Crippen LogP contribution in [0, 0.1) is 0 Å². The number of rotatable bonds is 8. The molecule has 1 amide bonds. The fourth-order valence-corrected chi connectivity index (χ4v) is 4.03. The largest absolute Gasteiger partial charge is 0.357 e. The van der Waals surface area contributed by atoms with E-state index in [1.807, 2.05) is 36.9 Å². The van der Waals surface area contributed by atoms with Gasteiger partial charge in [0.25, 0.3) is 0 Å². The summed E-state index contributed by atoms with van der Waals surface area (Å²) in [5.74, 6) is 1.90. The first kappa shape index (κ1) is 19.6. The Balaban J connectivity index is 1.72. The normalized spacial score (nSPS) is 20.3. The van der Waals surface area contributed by atoms with Gasteiger partial charge in [-0.25, -0.2) is 4.99 Å². The van der Waals surface area contributed by atoms with Crippen LogP contribution >= 0.6 is 11.8 Å². The first-order chi connectivity index (χ1) is 12.1. The second kappa shape index (κ2) is 10.3. The van der Waals surface area contributed by atoms with Gasteiger partial charge in [-0.05, 0) is 44.4 Å². The van der Waals surface area contributed by atoms with Crippen molar-refractivity contribution in [2.45, 2.75) is 37.9 Å². The van der Waals surface area contributed by atoms with Crippen LogP contribution in [0.1, 0.15) is 32.3 Å². The Morgan fingerprint density at radius 1 is 1.24 bits per heavy atom. The Labute approximate surface area is 155 Å². The Hall–Kier alpha value is -1.69. The predicted molar refractivity (Wildman–Crippen MR) is 107 cm³/mol. The number of thioether (sulfide) groups is 1. The van der Waals surface area contributed by atoms with Crippen LogP contribution in [-0.2, 0) is 11.2 Å². The topological polar surface area (TPSA) is 65.5 Å². The van der Waals surface area contributed by atoms with Gasteiger partial charge in [-0.1, -0.05) is 30.3 Å². The van der Waals surface area contributed by atoms with Crippen molar-refractivity contribution in [3.63, 3.8) is 0 Å². The van der Waals surface area contributed by atoms with Crippen molar-refractivity contribution in [2.24, 2.45) is 4.99 Å². The zero-order chi connectivity index (χ0) is 18.0. The van der Waals surface area contributed by atoms with Gasteiger partial charge in [-0.2, -0.15) is 11.8 Å². The molecule has 1 aromatic carbocycles. The molecule has 1 saturated heterocycles. The number of nitrogens with one attached hydrogen (secondary N) is 3. The van der Waals surface area contributed by atoms with Gasteiger partial charge in [0.05, 0.1) is 0 Å². The summed E-state index contributed by atoms with van der Waals surface area (Å²) in [5.41, 5.74) is 1.23. The average Bonchev–Trinajstić information content (AvgIpc) is 3.05. The van der Waals surface area contributed by atoms with E-state index in [-0.39, 0.29) is 17.2 Å². The SMILES string of the molecule is CCNC(=NCC(=O)NCCc1ccccc1)NCC1(C)CCCS1. The molecule has 1 unspecified atom stereocenters. The molecule has 6 heteroatoms. The van der Waals surface area contributed by atoms with Crippen LogP contribution in [-0.4, -0.2) is 48.5 Å². The van der Waals surface area contributed by atoms with Crippen molar-refractivity contribution in [2.75, 3.05) is 31.9 Å². The number of hydrogen-bond acceptors (Lipinski definition) is 3. The molecule has 25 heavy (non-hydrogen) atoms. The molecule has 3 N–H and O–H groups in total. The van der Waals surface area contributed by atoms with Crippen molar-refractivity contribution in [3.05, 3.63) is 35.9 Å². The molecule has 1 atom stereocenters. The van der Waals surface area contributed by atoms with E-state index in [1.54, 1.807) is 0 Å². The molecule has 1 aliphatic rings. The second-order valence-corrected chi connectivity index (χ2v) is 8.22. The quantitative estimate of drug-likeness (QED) is 0.490. The third kappa shape index (κ3) is 7.38. The van der Waals surface area contributed by atoms with Crippen molar-refractivity contribution < 1.29 is 4.79 Å². The second-order valence-electron chi connectivity index (χ2n) is 6.54.